The van der Waals surface area contributed by atoms with Crippen molar-refractivity contribution in [2.45, 2.75) is 38.8 Å². The van der Waals surface area contributed by atoms with Gasteiger partial charge in [-0.3, -0.25) is 0 Å². The van der Waals surface area contributed by atoms with Crippen molar-refractivity contribution in [1.82, 2.24) is 5.32 Å². The first-order valence-corrected chi connectivity index (χ1v) is 6.23. The number of rotatable bonds is 2. The summed E-state index contributed by atoms with van der Waals surface area (Å²) in [5, 5.41) is 4.28. The molecule has 1 aromatic rings. The largest absolute Gasteiger partial charge is 0.492 e. The van der Waals surface area contributed by atoms with Gasteiger partial charge in [0.1, 0.15) is 5.75 Å². The molecule has 1 heterocycles. The van der Waals surface area contributed by atoms with Crippen LogP contribution in [0.2, 0.25) is 5.02 Å². The summed E-state index contributed by atoms with van der Waals surface area (Å²) in [6.07, 6.45) is 2.17. The van der Waals surface area contributed by atoms with Crippen molar-refractivity contribution >= 4 is 11.6 Å². The van der Waals surface area contributed by atoms with E-state index in [1.807, 2.05) is 12.1 Å². The fourth-order valence-electron chi connectivity index (χ4n) is 2.14. The summed E-state index contributed by atoms with van der Waals surface area (Å²) in [6.45, 7) is 5.08. The van der Waals surface area contributed by atoms with E-state index in [1.54, 1.807) is 0 Å². The minimum absolute atomic E-state index is 0.358. The highest BCUT2D eigenvalue weighted by atomic mass is 35.5. The molecule has 88 valence electrons. The van der Waals surface area contributed by atoms with Crippen LogP contribution in [0.5, 0.6) is 5.75 Å². The highest BCUT2D eigenvalue weighted by Gasteiger charge is 2.21. The van der Waals surface area contributed by atoms with E-state index in [2.05, 4.69) is 25.2 Å². The molecule has 3 heteroatoms. The second kappa shape index (κ2) is 5.07. The lowest BCUT2D eigenvalue weighted by molar-refractivity contribution is 0.315. The van der Waals surface area contributed by atoms with Crippen LogP contribution >= 0.6 is 11.6 Å². The quantitative estimate of drug-likeness (QED) is 0.852. The lowest BCUT2D eigenvalue weighted by atomic mass is 10.0. The molecule has 0 spiro atoms. The van der Waals surface area contributed by atoms with Crippen LogP contribution in [0, 0.1) is 0 Å². The Bertz CT molecular complexity index is 365. The first-order chi connectivity index (χ1) is 7.68. The molecule has 0 saturated carbocycles. The predicted molar refractivity (Wildman–Crippen MR) is 67.2 cm³/mol. The summed E-state index contributed by atoms with van der Waals surface area (Å²) in [5.74, 6) is 0.861. The average Bonchev–Trinajstić information content (AvgIpc) is 2.42. The normalized spacial score (nSPS) is 20.1. The standard InChI is InChI=1S/C13H18ClNO/c1-9(2)15-12-7-4-8-16-13-10(12)5-3-6-11(13)14/h3,5-6,9,12,15H,4,7-8H2,1-2H3. The van der Waals surface area contributed by atoms with Crippen LogP contribution in [0.1, 0.15) is 38.3 Å². The highest BCUT2D eigenvalue weighted by Crippen LogP contribution is 2.36. The molecular weight excluding hydrogens is 222 g/mol. The molecule has 2 nitrogen and oxygen atoms in total. The van der Waals surface area contributed by atoms with E-state index < -0.39 is 0 Å². The van der Waals surface area contributed by atoms with Gasteiger partial charge < -0.3 is 10.1 Å². The van der Waals surface area contributed by atoms with Gasteiger partial charge in [-0.05, 0) is 18.9 Å². The number of para-hydroxylation sites is 1. The van der Waals surface area contributed by atoms with E-state index in [0.717, 1.165) is 30.2 Å². The van der Waals surface area contributed by atoms with E-state index >= 15 is 0 Å². The summed E-state index contributed by atoms with van der Waals surface area (Å²) in [4.78, 5) is 0. The molecule has 1 N–H and O–H groups in total. The molecule has 0 bridgehead atoms. The fraction of sp³-hybridized carbons (Fsp3) is 0.538. The van der Waals surface area contributed by atoms with Gasteiger partial charge in [-0.25, -0.2) is 0 Å². The summed E-state index contributed by atoms with van der Waals surface area (Å²) in [5.41, 5.74) is 1.19. The first-order valence-electron chi connectivity index (χ1n) is 5.85. The molecule has 0 saturated heterocycles. The molecule has 16 heavy (non-hydrogen) atoms. The molecule has 2 rings (SSSR count). The number of hydrogen-bond acceptors (Lipinski definition) is 2. The Kier molecular flexibility index (Phi) is 3.72. The molecule has 1 unspecified atom stereocenters. The van der Waals surface area contributed by atoms with Crippen molar-refractivity contribution in [3.63, 3.8) is 0 Å². The van der Waals surface area contributed by atoms with Gasteiger partial charge in [-0.1, -0.05) is 37.6 Å². The van der Waals surface area contributed by atoms with Gasteiger partial charge in [0.2, 0.25) is 0 Å². The molecule has 0 aromatic heterocycles. The lowest BCUT2D eigenvalue weighted by Crippen LogP contribution is -2.27. The number of halogens is 1. The Balaban J connectivity index is 2.33. The monoisotopic (exact) mass is 239 g/mol. The summed E-state index contributed by atoms with van der Waals surface area (Å²) in [7, 11) is 0. The molecule has 1 aliphatic heterocycles. The van der Waals surface area contributed by atoms with Crippen LogP contribution in [0.15, 0.2) is 18.2 Å². The van der Waals surface area contributed by atoms with Gasteiger partial charge in [0.15, 0.2) is 0 Å². The summed E-state index contributed by atoms with van der Waals surface area (Å²) in [6, 6.07) is 6.81. The van der Waals surface area contributed by atoms with Crippen LogP contribution in [-0.2, 0) is 0 Å². The topological polar surface area (TPSA) is 21.3 Å². The maximum Gasteiger partial charge on any atom is 0.142 e. The molecule has 1 aromatic carbocycles. The van der Waals surface area contributed by atoms with Crippen LogP contribution in [0.4, 0.5) is 0 Å². The third kappa shape index (κ3) is 2.50. The van der Waals surface area contributed by atoms with Crippen LogP contribution < -0.4 is 10.1 Å². The molecule has 1 aliphatic rings. The lowest BCUT2D eigenvalue weighted by Gasteiger charge is -2.21. The summed E-state index contributed by atoms with van der Waals surface area (Å²) < 4.78 is 5.72. The van der Waals surface area contributed by atoms with E-state index in [-0.39, 0.29) is 0 Å². The van der Waals surface area contributed by atoms with E-state index in [4.69, 9.17) is 16.3 Å². The molecule has 0 fully saturated rings. The predicted octanol–water partition coefficient (Wildman–Crippen LogP) is 3.55. The van der Waals surface area contributed by atoms with Crippen molar-refractivity contribution in [1.29, 1.82) is 0 Å². The van der Waals surface area contributed by atoms with Gasteiger partial charge in [-0.15, -0.1) is 0 Å². The van der Waals surface area contributed by atoms with Crippen molar-refractivity contribution < 1.29 is 4.74 Å². The zero-order chi connectivity index (χ0) is 11.5. The Morgan fingerprint density at radius 3 is 3.00 bits per heavy atom. The Morgan fingerprint density at radius 1 is 1.44 bits per heavy atom. The second-order valence-corrected chi connectivity index (χ2v) is 4.93. The fourth-order valence-corrected chi connectivity index (χ4v) is 2.38. The Labute approximate surface area is 102 Å². The molecular formula is C13H18ClNO. The maximum absolute atomic E-state index is 6.16. The number of nitrogens with one attached hydrogen (secondary N) is 1. The zero-order valence-corrected chi connectivity index (χ0v) is 10.6. The number of benzene rings is 1. The number of ether oxygens (including phenoxy) is 1. The Morgan fingerprint density at radius 2 is 2.25 bits per heavy atom. The number of hydrogen-bond donors (Lipinski definition) is 1. The third-order valence-electron chi connectivity index (χ3n) is 2.79. The smallest absolute Gasteiger partial charge is 0.142 e. The Hall–Kier alpha value is -0.730. The molecule has 1 atom stereocenters. The van der Waals surface area contributed by atoms with Crippen molar-refractivity contribution in [3.8, 4) is 5.75 Å². The third-order valence-corrected chi connectivity index (χ3v) is 3.09. The highest BCUT2D eigenvalue weighted by molar-refractivity contribution is 6.32. The van der Waals surface area contributed by atoms with Gasteiger partial charge in [0.25, 0.3) is 0 Å². The average molecular weight is 240 g/mol. The van der Waals surface area contributed by atoms with Crippen LogP contribution in [0.3, 0.4) is 0 Å². The van der Waals surface area contributed by atoms with Crippen molar-refractivity contribution in [3.05, 3.63) is 28.8 Å². The van der Waals surface area contributed by atoms with Crippen LogP contribution in [0.25, 0.3) is 0 Å². The maximum atomic E-state index is 6.16. The van der Waals surface area contributed by atoms with Crippen molar-refractivity contribution in [2.24, 2.45) is 0 Å². The number of fused-ring (bicyclic) bond motifs is 1. The minimum atomic E-state index is 0.358. The molecule has 0 radical (unpaired) electrons. The van der Waals surface area contributed by atoms with E-state index in [9.17, 15) is 0 Å². The van der Waals surface area contributed by atoms with Gasteiger partial charge in [0, 0.05) is 17.6 Å². The molecule has 0 aliphatic carbocycles. The van der Waals surface area contributed by atoms with E-state index in [1.165, 1.54) is 5.56 Å². The van der Waals surface area contributed by atoms with Gasteiger partial charge in [0.05, 0.1) is 11.6 Å². The van der Waals surface area contributed by atoms with Gasteiger partial charge in [-0.2, -0.15) is 0 Å². The minimum Gasteiger partial charge on any atom is -0.492 e. The first kappa shape index (κ1) is 11.7. The van der Waals surface area contributed by atoms with Gasteiger partial charge >= 0.3 is 0 Å². The zero-order valence-electron chi connectivity index (χ0n) is 9.79. The SMILES string of the molecule is CC(C)NC1CCCOc2c(Cl)cccc21. The van der Waals surface area contributed by atoms with Crippen molar-refractivity contribution in [2.75, 3.05) is 6.61 Å². The van der Waals surface area contributed by atoms with E-state index in [0.29, 0.717) is 12.1 Å². The second-order valence-electron chi connectivity index (χ2n) is 4.52. The molecule has 0 amide bonds. The summed E-state index contributed by atoms with van der Waals surface area (Å²) >= 11 is 6.16. The van der Waals surface area contributed by atoms with Crippen LogP contribution in [-0.4, -0.2) is 12.6 Å².